The molecule has 1 heterocycles. The zero-order chi connectivity index (χ0) is 13.7. The summed E-state index contributed by atoms with van der Waals surface area (Å²) in [5.41, 5.74) is 1.06. The highest BCUT2D eigenvalue weighted by Gasteiger charge is 2.13. The van der Waals surface area contributed by atoms with Crippen LogP contribution in [0.5, 0.6) is 5.75 Å². The van der Waals surface area contributed by atoms with E-state index in [-0.39, 0.29) is 11.1 Å². The van der Waals surface area contributed by atoms with Crippen LogP contribution in [-0.4, -0.2) is 18.0 Å². The Hall–Kier alpha value is -2.87. The van der Waals surface area contributed by atoms with Crippen molar-refractivity contribution in [2.45, 2.75) is 0 Å². The summed E-state index contributed by atoms with van der Waals surface area (Å²) in [5.74, 6) is 0.160. The number of amides is 1. The van der Waals surface area contributed by atoms with Crippen LogP contribution in [0.15, 0.2) is 42.7 Å². The maximum Gasteiger partial charge on any atom is 0.258 e. The number of anilines is 1. The molecule has 2 aromatic rings. The second-order valence-electron chi connectivity index (χ2n) is 3.69. The Morgan fingerprint density at radius 2 is 2.16 bits per heavy atom. The Labute approximate surface area is 110 Å². The van der Waals surface area contributed by atoms with Crippen LogP contribution in [0.3, 0.4) is 0 Å². The molecule has 0 fully saturated rings. The summed E-state index contributed by atoms with van der Waals surface area (Å²) in [5, 5.41) is 11.6. The van der Waals surface area contributed by atoms with Gasteiger partial charge in [0, 0.05) is 12.4 Å². The zero-order valence-electron chi connectivity index (χ0n) is 10.3. The van der Waals surface area contributed by atoms with Crippen LogP contribution >= 0.6 is 0 Å². The Bertz CT molecular complexity index is 647. The van der Waals surface area contributed by atoms with E-state index in [1.165, 1.54) is 25.6 Å². The summed E-state index contributed by atoms with van der Waals surface area (Å²) >= 11 is 0. The number of pyridine rings is 1. The van der Waals surface area contributed by atoms with Gasteiger partial charge >= 0.3 is 0 Å². The molecule has 1 amide bonds. The maximum atomic E-state index is 12.1. The van der Waals surface area contributed by atoms with E-state index in [0.717, 1.165) is 0 Å². The molecule has 5 nitrogen and oxygen atoms in total. The molecule has 0 radical (unpaired) electrons. The number of aromatic nitrogens is 1. The lowest BCUT2D eigenvalue weighted by atomic mass is 10.1. The zero-order valence-corrected chi connectivity index (χ0v) is 10.3. The first-order valence-electron chi connectivity index (χ1n) is 5.54. The Morgan fingerprint density at radius 3 is 2.89 bits per heavy atom. The second-order valence-corrected chi connectivity index (χ2v) is 3.69. The lowest BCUT2D eigenvalue weighted by molar-refractivity contribution is 0.102. The average molecular weight is 253 g/mol. The molecule has 0 saturated heterocycles. The number of rotatable bonds is 3. The van der Waals surface area contributed by atoms with E-state index in [9.17, 15) is 4.79 Å². The quantitative estimate of drug-likeness (QED) is 0.910. The van der Waals surface area contributed by atoms with Crippen molar-refractivity contribution in [2.75, 3.05) is 12.4 Å². The molecule has 5 heteroatoms. The molecule has 1 N–H and O–H groups in total. The van der Waals surface area contributed by atoms with Crippen LogP contribution in [0.25, 0.3) is 0 Å². The van der Waals surface area contributed by atoms with E-state index < -0.39 is 5.91 Å². The van der Waals surface area contributed by atoms with Crippen LogP contribution in [-0.2, 0) is 0 Å². The van der Waals surface area contributed by atoms with Crippen LogP contribution < -0.4 is 10.1 Å². The van der Waals surface area contributed by atoms with Crippen molar-refractivity contribution in [3.8, 4) is 11.8 Å². The minimum atomic E-state index is -0.394. The molecule has 0 aliphatic heterocycles. The second kappa shape index (κ2) is 5.65. The number of methoxy groups -OCH3 is 1. The van der Waals surface area contributed by atoms with Gasteiger partial charge in [0.15, 0.2) is 0 Å². The summed E-state index contributed by atoms with van der Waals surface area (Å²) in [6.45, 7) is 0. The van der Waals surface area contributed by atoms with Crippen LogP contribution in [0.4, 0.5) is 5.69 Å². The lowest BCUT2D eigenvalue weighted by Crippen LogP contribution is -2.14. The van der Waals surface area contributed by atoms with Gasteiger partial charge in [0.2, 0.25) is 0 Å². The summed E-state index contributed by atoms with van der Waals surface area (Å²) < 4.78 is 5.14. The summed E-state index contributed by atoms with van der Waals surface area (Å²) in [4.78, 5) is 16.0. The van der Waals surface area contributed by atoms with Crippen molar-refractivity contribution in [3.63, 3.8) is 0 Å². The van der Waals surface area contributed by atoms with Gasteiger partial charge in [-0.3, -0.25) is 9.78 Å². The number of hydrogen-bond donors (Lipinski definition) is 1. The van der Waals surface area contributed by atoms with E-state index in [0.29, 0.717) is 11.4 Å². The number of nitriles is 1. The standard InChI is InChI=1S/C14H11N3O2/c1-19-13-5-3-2-4-12(13)17-14(18)11-9-16-7-6-10(11)8-15/h2-7,9H,1H3,(H,17,18). The molecule has 19 heavy (non-hydrogen) atoms. The van der Waals surface area contributed by atoms with Crippen molar-refractivity contribution < 1.29 is 9.53 Å². The van der Waals surface area contributed by atoms with Crippen molar-refractivity contribution in [2.24, 2.45) is 0 Å². The third-order valence-corrected chi connectivity index (χ3v) is 2.54. The third-order valence-electron chi connectivity index (χ3n) is 2.54. The fraction of sp³-hybridized carbons (Fsp3) is 0.0714. The summed E-state index contributed by atoms with van der Waals surface area (Å²) in [6, 6.07) is 10.5. The van der Waals surface area contributed by atoms with Gasteiger partial charge in [-0.2, -0.15) is 5.26 Å². The van der Waals surface area contributed by atoms with Crippen molar-refractivity contribution in [3.05, 3.63) is 53.9 Å². The summed E-state index contributed by atoms with van der Waals surface area (Å²) in [6.07, 6.45) is 2.84. The third kappa shape index (κ3) is 2.69. The first-order chi connectivity index (χ1) is 9.26. The monoisotopic (exact) mass is 253 g/mol. The summed E-state index contributed by atoms with van der Waals surface area (Å²) in [7, 11) is 1.52. The van der Waals surface area contributed by atoms with Crippen molar-refractivity contribution >= 4 is 11.6 Å². The first-order valence-corrected chi connectivity index (χ1v) is 5.54. The predicted molar refractivity (Wildman–Crippen MR) is 69.9 cm³/mol. The van der Waals surface area contributed by atoms with E-state index in [1.807, 2.05) is 6.07 Å². The highest BCUT2D eigenvalue weighted by atomic mass is 16.5. The molecule has 2 rings (SSSR count). The number of ether oxygens (including phenoxy) is 1. The van der Waals surface area contributed by atoms with E-state index in [4.69, 9.17) is 10.00 Å². The highest BCUT2D eigenvalue weighted by Crippen LogP contribution is 2.23. The molecule has 0 atom stereocenters. The van der Waals surface area contributed by atoms with Crippen LogP contribution in [0.2, 0.25) is 0 Å². The fourth-order valence-electron chi connectivity index (χ4n) is 1.61. The maximum absolute atomic E-state index is 12.1. The van der Waals surface area contributed by atoms with Gasteiger partial charge in [-0.1, -0.05) is 12.1 Å². The molecule has 0 unspecified atom stereocenters. The number of nitrogens with zero attached hydrogens (tertiary/aromatic N) is 2. The van der Waals surface area contributed by atoms with Gasteiger partial charge in [0.25, 0.3) is 5.91 Å². The molecular weight excluding hydrogens is 242 g/mol. The number of carbonyl (C=O) groups is 1. The molecule has 0 spiro atoms. The minimum Gasteiger partial charge on any atom is -0.495 e. The van der Waals surface area contributed by atoms with Crippen LogP contribution in [0.1, 0.15) is 15.9 Å². The number of benzene rings is 1. The Balaban J connectivity index is 2.29. The minimum absolute atomic E-state index is 0.232. The molecule has 1 aromatic carbocycles. The first kappa shape index (κ1) is 12.6. The van der Waals surface area contributed by atoms with Crippen molar-refractivity contribution in [1.82, 2.24) is 4.98 Å². The molecule has 0 bridgehead atoms. The van der Waals surface area contributed by atoms with Gasteiger partial charge in [-0.25, -0.2) is 0 Å². The molecule has 1 aromatic heterocycles. The van der Waals surface area contributed by atoms with Crippen molar-refractivity contribution in [1.29, 1.82) is 5.26 Å². The van der Waals surface area contributed by atoms with Gasteiger partial charge in [0.1, 0.15) is 11.8 Å². The number of carbonyl (C=O) groups excluding carboxylic acids is 1. The predicted octanol–water partition coefficient (Wildman–Crippen LogP) is 2.21. The SMILES string of the molecule is COc1ccccc1NC(=O)c1cnccc1C#N. The Kier molecular flexibility index (Phi) is 3.74. The number of nitrogens with one attached hydrogen (secondary N) is 1. The molecular formula is C14H11N3O2. The van der Waals surface area contributed by atoms with Gasteiger partial charge < -0.3 is 10.1 Å². The lowest BCUT2D eigenvalue weighted by Gasteiger charge is -2.10. The van der Waals surface area contributed by atoms with E-state index in [1.54, 1.807) is 24.3 Å². The molecule has 94 valence electrons. The number of hydrogen-bond acceptors (Lipinski definition) is 4. The topological polar surface area (TPSA) is 75.0 Å². The van der Waals surface area contributed by atoms with Crippen LogP contribution in [0, 0.1) is 11.3 Å². The van der Waals surface area contributed by atoms with Gasteiger partial charge in [-0.15, -0.1) is 0 Å². The molecule has 0 saturated carbocycles. The van der Waals surface area contributed by atoms with Gasteiger partial charge in [-0.05, 0) is 18.2 Å². The fourth-order valence-corrected chi connectivity index (χ4v) is 1.61. The normalized spacial score (nSPS) is 9.47. The molecule has 0 aliphatic carbocycles. The van der Waals surface area contributed by atoms with E-state index in [2.05, 4.69) is 10.3 Å². The largest absolute Gasteiger partial charge is 0.495 e. The smallest absolute Gasteiger partial charge is 0.258 e. The van der Waals surface area contributed by atoms with Gasteiger partial charge in [0.05, 0.1) is 23.9 Å². The molecule has 0 aliphatic rings. The number of para-hydroxylation sites is 2. The van der Waals surface area contributed by atoms with E-state index >= 15 is 0 Å². The average Bonchev–Trinajstić information content (AvgIpc) is 2.47. The Morgan fingerprint density at radius 1 is 1.37 bits per heavy atom. The highest BCUT2D eigenvalue weighted by molar-refractivity contribution is 6.06.